The molecule has 3 aromatic rings. The molecule has 1 atom stereocenters. The van der Waals surface area contributed by atoms with Crippen LogP contribution in [-0.2, 0) is 11.2 Å². The molecule has 0 aliphatic carbocycles. The van der Waals surface area contributed by atoms with Crippen molar-refractivity contribution < 1.29 is 28.6 Å². The van der Waals surface area contributed by atoms with Gasteiger partial charge in [-0.3, -0.25) is 9.78 Å². The fourth-order valence-corrected chi connectivity index (χ4v) is 4.96. The number of amides is 1. The molecule has 1 amide bonds. The second kappa shape index (κ2) is 8.94. The normalized spacial score (nSPS) is 16.2. The molecule has 0 saturated carbocycles. The first-order valence-electron chi connectivity index (χ1n) is 11.5. The monoisotopic (exact) mass is 474 g/mol. The van der Waals surface area contributed by atoms with E-state index in [0.717, 1.165) is 18.4 Å². The maximum Gasteiger partial charge on any atom is 0.340 e. The van der Waals surface area contributed by atoms with E-state index in [1.807, 2.05) is 0 Å². The summed E-state index contributed by atoms with van der Waals surface area (Å²) in [6.45, 7) is 2.44. The number of halogens is 1. The second-order valence-electron chi connectivity index (χ2n) is 8.63. The zero-order valence-corrected chi connectivity index (χ0v) is 19.1. The molecule has 35 heavy (non-hydrogen) atoms. The number of pyridine rings is 1. The smallest absolute Gasteiger partial charge is 0.340 e. The van der Waals surface area contributed by atoms with Gasteiger partial charge in [-0.2, -0.15) is 0 Å². The van der Waals surface area contributed by atoms with Gasteiger partial charge in [0.2, 0.25) is 0 Å². The zero-order chi connectivity index (χ0) is 24.7. The summed E-state index contributed by atoms with van der Waals surface area (Å²) in [7, 11) is 0. The SMILES string of the molecule is CCOC(=O)c1c(Cc2ccc(F)cc2)nc2c(c1-c1ccc(C(=O)O)cc1)C(=O)N1CCC[C@@H]21. The predicted octanol–water partition coefficient (Wildman–Crippen LogP) is 4.64. The highest BCUT2D eigenvalue weighted by atomic mass is 19.1. The van der Waals surface area contributed by atoms with E-state index in [0.29, 0.717) is 34.6 Å². The highest BCUT2D eigenvalue weighted by molar-refractivity contribution is 6.11. The number of carboxylic acids is 1. The summed E-state index contributed by atoms with van der Waals surface area (Å²) in [6, 6.07) is 11.9. The highest BCUT2D eigenvalue weighted by Crippen LogP contribution is 2.45. The first-order valence-corrected chi connectivity index (χ1v) is 11.5. The van der Waals surface area contributed by atoms with Gasteiger partial charge >= 0.3 is 11.9 Å². The number of aromatic nitrogens is 1. The molecular weight excluding hydrogens is 451 g/mol. The lowest BCUT2D eigenvalue weighted by Gasteiger charge is -2.18. The molecule has 2 aliphatic heterocycles. The van der Waals surface area contributed by atoms with E-state index in [1.54, 1.807) is 36.1 Å². The van der Waals surface area contributed by atoms with E-state index in [2.05, 4.69) is 0 Å². The van der Waals surface area contributed by atoms with E-state index in [9.17, 15) is 23.9 Å². The third kappa shape index (κ3) is 3.95. The van der Waals surface area contributed by atoms with Crippen LogP contribution in [0, 0.1) is 5.82 Å². The van der Waals surface area contributed by atoms with Crippen molar-refractivity contribution in [2.24, 2.45) is 0 Å². The van der Waals surface area contributed by atoms with Crippen LogP contribution in [0.2, 0.25) is 0 Å². The van der Waals surface area contributed by atoms with Gasteiger partial charge in [0.15, 0.2) is 0 Å². The number of hydrogen-bond acceptors (Lipinski definition) is 5. The quantitative estimate of drug-likeness (QED) is 0.523. The first-order chi connectivity index (χ1) is 16.9. The summed E-state index contributed by atoms with van der Waals surface area (Å²) in [5.74, 6) is -2.24. The van der Waals surface area contributed by atoms with E-state index in [1.165, 1.54) is 24.3 Å². The number of aromatic carboxylic acids is 1. The number of hydrogen-bond donors (Lipinski definition) is 1. The van der Waals surface area contributed by atoms with Crippen molar-refractivity contribution in [1.82, 2.24) is 9.88 Å². The molecule has 0 bridgehead atoms. The van der Waals surface area contributed by atoms with Crippen LogP contribution in [0.3, 0.4) is 0 Å². The van der Waals surface area contributed by atoms with Crippen LogP contribution in [0.15, 0.2) is 48.5 Å². The molecule has 1 N–H and O–H groups in total. The lowest BCUT2D eigenvalue weighted by atomic mass is 9.89. The Bertz CT molecular complexity index is 1340. The zero-order valence-electron chi connectivity index (χ0n) is 19.1. The molecule has 1 saturated heterocycles. The third-order valence-electron chi connectivity index (χ3n) is 6.53. The minimum absolute atomic E-state index is 0.0932. The summed E-state index contributed by atoms with van der Waals surface area (Å²) < 4.78 is 18.9. The Kier molecular flexibility index (Phi) is 5.80. The standard InChI is InChI=1S/C27H23FN2O5/c1-2-35-27(34)22-19(14-15-5-11-18(28)12-6-15)29-24-20-4-3-13-30(20)25(31)23(24)21(22)16-7-9-17(10-8-16)26(32)33/h5-12,20H,2-4,13-14H2,1H3,(H,32,33)/t20-/m0/s1. The summed E-state index contributed by atoms with van der Waals surface area (Å²) in [5.41, 5.74) is 3.38. The second-order valence-corrected chi connectivity index (χ2v) is 8.63. The third-order valence-corrected chi connectivity index (χ3v) is 6.53. The Morgan fingerprint density at radius 1 is 1.11 bits per heavy atom. The number of nitrogens with zero attached hydrogens (tertiary/aromatic N) is 2. The molecule has 8 heteroatoms. The summed E-state index contributed by atoms with van der Waals surface area (Å²) in [5, 5.41) is 9.32. The number of carbonyl (C=O) groups excluding carboxylic acids is 2. The molecule has 0 unspecified atom stereocenters. The summed E-state index contributed by atoms with van der Waals surface area (Å²) >= 11 is 0. The maximum absolute atomic E-state index is 13.5. The van der Waals surface area contributed by atoms with Crippen molar-refractivity contribution in [2.45, 2.75) is 32.2 Å². The van der Waals surface area contributed by atoms with Crippen molar-refractivity contribution in [3.05, 3.63) is 88.0 Å². The van der Waals surface area contributed by atoms with Crippen molar-refractivity contribution >= 4 is 17.8 Å². The molecule has 5 rings (SSSR count). The van der Waals surface area contributed by atoms with E-state index in [4.69, 9.17) is 9.72 Å². The Hall–Kier alpha value is -4.07. The Labute approximate surface area is 201 Å². The van der Waals surface area contributed by atoms with Gasteiger partial charge in [0.25, 0.3) is 5.91 Å². The van der Waals surface area contributed by atoms with Crippen LogP contribution in [0.5, 0.6) is 0 Å². The van der Waals surface area contributed by atoms with Crippen LogP contribution in [0.25, 0.3) is 11.1 Å². The molecule has 1 aromatic heterocycles. The molecule has 0 radical (unpaired) electrons. The molecule has 0 spiro atoms. The molecule has 7 nitrogen and oxygen atoms in total. The number of benzene rings is 2. The minimum atomic E-state index is -1.07. The van der Waals surface area contributed by atoms with E-state index in [-0.39, 0.29) is 41.9 Å². The number of fused-ring (bicyclic) bond motifs is 3. The fraction of sp³-hybridized carbons (Fsp3) is 0.259. The van der Waals surface area contributed by atoms with Crippen LogP contribution in [0.4, 0.5) is 4.39 Å². The molecular formula is C27H23FN2O5. The minimum Gasteiger partial charge on any atom is -0.478 e. The van der Waals surface area contributed by atoms with Gasteiger partial charge in [0.1, 0.15) is 5.82 Å². The number of ether oxygens (including phenoxy) is 1. The largest absolute Gasteiger partial charge is 0.478 e. The van der Waals surface area contributed by atoms with Crippen LogP contribution in [-0.4, -0.2) is 46.0 Å². The van der Waals surface area contributed by atoms with Crippen molar-refractivity contribution in [3.63, 3.8) is 0 Å². The topological polar surface area (TPSA) is 96.8 Å². The van der Waals surface area contributed by atoms with Gasteiger partial charge in [-0.05, 0) is 55.2 Å². The maximum atomic E-state index is 13.5. The van der Waals surface area contributed by atoms with Crippen LogP contribution >= 0.6 is 0 Å². The Morgan fingerprint density at radius 2 is 1.83 bits per heavy atom. The number of carboxylic acid groups (broad SMARTS) is 1. The summed E-state index contributed by atoms with van der Waals surface area (Å²) in [4.78, 5) is 44.8. The van der Waals surface area contributed by atoms with Crippen LogP contribution < -0.4 is 0 Å². The van der Waals surface area contributed by atoms with Gasteiger partial charge in [0, 0.05) is 18.5 Å². The Balaban J connectivity index is 1.77. The number of carbonyl (C=O) groups is 3. The van der Waals surface area contributed by atoms with Gasteiger partial charge in [-0.1, -0.05) is 24.3 Å². The van der Waals surface area contributed by atoms with E-state index < -0.39 is 11.9 Å². The lowest BCUT2D eigenvalue weighted by Crippen LogP contribution is -2.23. The molecule has 2 aliphatic rings. The average molecular weight is 474 g/mol. The molecule has 178 valence electrons. The average Bonchev–Trinajstić information content (AvgIpc) is 3.43. The van der Waals surface area contributed by atoms with Crippen molar-refractivity contribution in [2.75, 3.05) is 13.2 Å². The van der Waals surface area contributed by atoms with Gasteiger partial charge in [0.05, 0.1) is 40.7 Å². The molecule has 2 aromatic carbocycles. The number of esters is 1. The fourth-order valence-electron chi connectivity index (χ4n) is 4.96. The summed E-state index contributed by atoms with van der Waals surface area (Å²) in [6.07, 6.45) is 1.88. The first kappa shape index (κ1) is 22.7. The Morgan fingerprint density at radius 3 is 2.49 bits per heavy atom. The van der Waals surface area contributed by atoms with Crippen molar-refractivity contribution in [1.29, 1.82) is 0 Å². The molecule has 3 heterocycles. The predicted molar refractivity (Wildman–Crippen MR) is 125 cm³/mol. The van der Waals surface area contributed by atoms with Gasteiger partial charge in [-0.15, -0.1) is 0 Å². The lowest BCUT2D eigenvalue weighted by molar-refractivity contribution is 0.0525. The van der Waals surface area contributed by atoms with Crippen molar-refractivity contribution in [3.8, 4) is 11.1 Å². The van der Waals surface area contributed by atoms with Gasteiger partial charge < -0.3 is 14.7 Å². The van der Waals surface area contributed by atoms with Gasteiger partial charge in [-0.25, -0.2) is 14.0 Å². The van der Waals surface area contributed by atoms with Crippen LogP contribution in [0.1, 0.15) is 73.8 Å². The highest BCUT2D eigenvalue weighted by Gasteiger charge is 2.44. The van der Waals surface area contributed by atoms with E-state index >= 15 is 0 Å². The number of rotatable bonds is 6. The molecule has 1 fully saturated rings.